The van der Waals surface area contributed by atoms with E-state index in [9.17, 15) is 0 Å². The van der Waals surface area contributed by atoms with Crippen LogP contribution in [-0.2, 0) is 6.42 Å². The molecule has 24 heavy (non-hydrogen) atoms. The van der Waals surface area contributed by atoms with Gasteiger partial charge in [0, 0.05) is 6.54 Å². The summed E-state index contributed by atoms with van der Waals surface area (Å²) in [6.45, 7) is 6.32. The first-order chi connectivity index (χ1) is 11.7. The van der Waals surface area contributed by atoms with Crippen molar-refractivity contribution in [3.8, 4) is 17.2 Å². The van der Waals surface area contributed by atoms with Gasteiger partial charge in [-0.1, -0.05) is 26.0 Å². The first-order valence-corrected chi connectivity index (χ1v) is 8.59. The molecule has 2 aromatic rings. The van der Waals surface area contributed by atoms with E-state index in [1.165, 1.54) is 16.7 Å². The standard InChI is InChI=1S/C20H23NO3/c1-13(2)11-22-16-5-3-4-15(8-16)20-17-10-19-18(23-12-24-19)9-14(17)6-7-21-20/h3-5,8-10,13,20-21H,6-7,11-12H2,1-2H3. The summed E-state index contributed by atoms with van der Waals surface area (Å²) < 4.78 is 17.0. The second-order valence-electron chi connectivity index (χ2n) is 6.82. The maximum Gasteiger partial charge on any atom is 0.231 e. The summed E-state index contributed by atoms with van der Waals surface area (Å²) in [6, 6.07) is 12.8. The summed E-state index contributed by atoms with van der Waals surface area (Å²) in [5, 5.41) is 3.62. The van der Waals surface area contributed by atoms with E-state index in [-0.39, 0.29) is 6.04 Å². The van der Waals surface area contributed by atoms with Gasteiger partial charge in [0.25, 0.3) is 0 Å². The molecule has 4 nitrogen and oxygen atoms in total. The Labute approximate surface area is 142 Å². The lowest BCUT2D eigenvalue weighted by Gasteiger charge is -2.28. The molecule has 0 aromatic heterocycles. The maximum absolute atomic E-state index is 5.89. The van der Waals surface area contributed by atoms with Crippen molar-refractivity contribution in [2.24, 2.45) is 5.92 Å². The zero-order valence-electron chi connectivity index (χ0n) is 14.2. The highest BCUT2D eigenvalue weighted by Gasteiger charge is 2.26. The Morgan fingerprint density at radius 1 is 1.17 bits per heavy atom. The largest absolute Gasteiger partial charge is 0.493 e. The van der Waals surface area contributed by atoms with Crippen molar-refractivity contribution < 1.29 is 14.2 Å². The van der Waals surface area contributed by atoms with Gasteiger partial charge in [-0.2, -0.15) is 0 Å². The SMILES string of the molecule is CC(C)COc1cccc(C2NCCc3cc4c(cc32)OCO4)c1. The number of rotatable bonds is 4. The Hall–Kier alpha value is -2.20. The van der Waals surface area contributed by atoms with Crippen molar-refractivity contribution in [1.29, 1.82) is 0 Å². The molecule has 0 fully saturated rings. The molecule has 126 valence electrons. The highest BCUT2D eigenvalue weighted by atomic mass is 16.7. The van der Waals surface area contributed by atoms with Crippen LogP contribution in [0.5, 0.6) is 17.2 Å². The molecule has 0 saturated carbocycles. The number of hydrogen-bond donors (Lipinski definition) is 1. The fraction of sp³-hybridized carbons (Fsp3) is 0.400. The fourth-order valence-electron chi connectivity index (χ4n) is 3.29. The number of ether oxygens (including phenoxy) is 3. The van der Waals surface area contributed by atoms with Gasteiger partial charge >= 0.3 is 0 Å². The highest BCUT2D eigenvalue weighted by molar-refractivity contribution is 5.52. The minimum atomic E-state index is 0.158. The summed E-state index contributed by atoms with van der Waals surface area (Å²) in [4.78, 5) is 0. The molecule has 2 aromatic carbocycles. The predicted octanol–water partition coefficient (Wildman–Crippen LogP) is 3.69. The first kappa shape index (κ1) is 15.3. The smallest absolute Gasteiger partial charge is 0.231 e. The Balaban J connectivity index is 1.65. The van der Waals surface area contributed by atoms with E-state index in [1.807, 2.05) is 6.07 Å². The molecule has 1 atom stereocenters. The summed E-state index contributed by atoms with van der Waals surface area (Å²) >= 11 is 0. The molecule has 1 unspecified atom stereocenters. The number of benzene rings is 2. The summed E-state index contributed by atoms with van der Waals surface area (Å²) in [5.74, 6) is 3.15. The molecular formula is C20H23NO3. The van der Waals surface area contributed by atoms with Gasteiger partial charge in [-0.15, -0.1) is 0 Å². The van der Waals surface area contributed by atoms with Crippen LogP contribution in [0.25, 0.3) is 0 Å². The molecule has 4 heteroatoms. The average molecular weight is 325 g/mol. The predicted molar refractivity (Wildman–Crippen MR) is 92.9 cm³/mol. The zero-order chi connectivity index (χ0) is 16.5. The summed E-state index contributed by atoms with van der Waals surface area (Å²) in [6.07, 6.45) is 1.01. The van der Waals surface area contributed by atoms with Crippen molar-refractivity contribution in [2.45, 2.75) is 26.3 Å². The lowest BCUT2D eigenvalue weighted by molar-refractivity contribution is 0.174. The molecule has 0 saturated heterocycles. The third-order valence-electron chi connectivity index (χ3n) is 4.46. The van der Waals surface area contributed by atoms with Crippen molar-refractivity contribution in [2.75, 3.05) is 19.9 Å². The van der Waals surface area contributed by atoms with Crippen LogP contribution in [0.1, 0.15) is 36.6 Å². The van der Waals surface area contributed by atoms with Gasteiger partial charge in [0.1, 0.15) is 5.75 Å². The molecule has 4 rings (SSSR count). The molecule has 2 aliphatic heterocycles. The Morgan fingerprint density at radius 3 is 2.83 bits per heavy atom. The molecule has 0 bridgehead atoms. The molecule has 2 aliphatic rings. The second kappa shape index (κ2) is 6.36. The second-order valence-corrected chi connectivity index (χ2v) is 6.82. The molecule has 0 aliphatic carbocycles. The molecular weight excluding hydrogens is 302 g/mol. The molecule has 1 N–H and O–H groups in total. The van der Waals surface area contributed by atoms with Crippen LogP contribution >= 0.6 is 0 Å². The Morgan fingerprint density at radius 2 is 2.00 bits per heavy atom. The van der Waals surface area contributed by atoms with Crippen LogP contribution in [0, 0.1) is 5.92 Å². The van der Waals surface area contributed by atoms with E-state index in [2.05, 4.69) is 49.5 Å². The van der Waals surface area contributed by atoms with E-state index in [0.717, 1.165) is 36.8 Å². The van der Waals surface area contributed by atoms with Crippen LogP contribution in [0.3, 0.4) is 0 Å². The van der Waals surface area contributed by atoms with Crippen LogP contribution in [0.15, 0.2) is 36.4 Å². The van der Waals surface area contributed by atoms with E-state index >= 15 is 0 Å². The van der Waals surface area contributed by atoms with Gasteiger partial charge in [0.15, 0.2) is 11.5 Å². The van der Waals surface area contributed by atoms with Gasteiger partial charge in [-0.05, 0) is 53.3 Å². The highest BCUT2D eigenvalue weighted by Crippen LogP contribution is 2.40. The van der Waals surface area contributed by atoms with Gasteiger partial charge in [0.05, 0.1) is 12.6 Å². The summed E-state index contributed by atoms with van der Waals surface area (Å²) in [5.41, 5.74) is 3.82. The topological polar surface area (TPSA) is 39.7 Å². The molecule has 0 radical (unpaired) electrons. The lowest BCUT2D eigenvalue weighted by atomic mass is 9.89. The van der Waals surface area contributed by atoms with Crippen molar-refractivity contribution in [1.82, 2.24) is 5.32 Å². The zero-order valence-corrected chi connectivity index (χ0v) is 14.2. The lowest BCUT2D eigenvalue weighted by Crippen LogP contribution is -2.30. The van der Waals surface area contributed by atoms with Crippen LogP contribution in [0.2, 0.25) is 0 Å². The van der Waals surface area contributed by atoms with Gasteiger partial charge in [-0.3, -0.25) is 0 Å². The van der Waals surface area contributed by atoms with E-state index in [0.29, 0.717) is 12.7 Å². The Kier molecular flexibility index (Phi) is 4.07. The monoisotopic (exact) mass is 325 g/mol. The normalized spacial score (nSPS) is 18.5. The van der Waals surface area contributed by atoms with Crippen LogP contribution < -0.4 is 19.5 Å². The van der Waals surface area contributed by atoms with E-state index < -0.39 is 0 Å². The Bertz CT molecular complexity index is 742. The number of hydrogen-bond acceptors (Lipinski definition) is 4. The minimum absolute atomic E-state index is 0.158. The molecule has 2 heterocycles. The van der Waals surface area contributed by atoms with Crippen molar-refractivity contribution in [3.05, 3.63) is 53.1 Å². The van der Waals surface area contributed by atoms with E-state index in [1.54, 1.807) is 0 Å². The quantitative estimate of drug-likeness (QED) is 0.931. The number of fused-ring (bicyclic) bond motifs is 2. The minimum Gasteiger partial charge on any atom is -0.493 e. The van der Waals surface area contributed by atoms with Crippen LogP contribution in [-0.4, -0.2) is 19.9 Å². The maximum atomic E-state index is 5.89. The van der Waals surface area contributed by atoms with Gasteiger partial charge in [0.2, 0.25) is 6.79 Å². The molecule has 0 amide bonds. The van der Waals surface area contributed by atoms with Crippen molar-refractivity contribution >= 4 is 0 Å². The summed E-state index contributed by atoms with van der Waals surface area (Å²) in [7, 11) is 0. The fourth-order valence-corrected chi connectivity index (χ4v) is 3.29. The van der Waals surface area contributed by atoms with E-state index in [4.69, 9.17) is 14.2 Å². The third-order valence-corrected chi connectivity index (χ3v) is 4.46. The molecule has 0 spiro atoms. The third kappa shape index (κ3) is 2.94. The number of nitrogens with one attached hydrogen (secondary N) is 1. The average Bonchev–Trinajstić information content (AvgIpc) is 3.05. The van der Waals surface area contributed by atoms with Crippen molar-refractivity contribution in [3.63, 3.8) is 0 Å². The first-order valence-electron chi connectivity index (χ1n) is 8.59. The van der Waals surface area contributed by atoms with Crippen LogP contribution in [0.4, 0.5) is 0 Å². The van der Waals surface area contributed by atoms with Gasteiger partial charge in [-0.25, -0.2) is 0 Å². The van der Waals surface area contributed by atoms with Gasteiger partial charge < -0.3 is 19.5 Å².